The molecular weight excluding hydrogens is 467 g/mol. The molecule has 0 N–H and O–H groups in total. The predicted octanol–water partition coefficient (Wildman–Crippen LogP) is 5.83. The Bertz CT molecular complexity index is 1150. The van der Waals surface area contributed by atoms with Crippen LogP contribution in [0.5, 0.6) is 0 Å². The van der Waals surface area contributed by atoms with E-state index in [0.29, 0.717) is 6.54 Å². The monoisotopic (exact) mass is 490 g/mol. The first-order valence-electron chi connectivity index (χ1n) is 10.2. The highest BCUT2D eigenvalue weighted by Crippen LogP contribution is 2.31. The number of thioether (sulfide) groups is 1. The van der Waals surface area contributed by atoms with Crippen molar-refractivity contribution in [1.29, 1.82) is 0 Å². The fraction of sp³-hybridized carbons (Fsp3) is 0.261. The van der Waals surface area contributed by atoms with Gasteiger partial charge in [0.1, 0.15) is 5.82 Å². The molecule has 9 heteroatoms. The molecule has 1 amide bonds. The van der Waals surface area contributed by atoms with Gasteiger partial charge in [-0.05, 0) is 54.8 Å². The van der Waals surface area contributed by atoms with E-state index in [4.69, 9.17) is 4.98 Å². The van der Waals surface area contributed by atoms with Crippen molar-refractivity contribution < 1.29 is 9.18 Å². The van der Waals surface area contributed by atoms with E-state index in [0.717, 1.165) is 39.6 Å². The van der Waals surface area contributed by atoms with Gasteiger partial charge in [-0.25, -0.2) is 14.4 Å². The molecule has 0 atom stereocenters. The average molecular weight is 491 g/mol. The molecule has 0 unspecified atom stereocenters. The number of carbonyl (C=O) groups excluding carboxylic acids is 1. The Morgan fingerprint density at radius 3 is 2.75 bits per heavy atom. The van der Waals surface area contributed by atoms with Gasteiger partial charge in [0, 0.05) is 30.4 Å². The molecule has 0 aliphatic heterocycles. The number of imidazole rings is 1. The van der Waals surface area contributed by atoms with Crippen LogP contribution in [0.25, 0.3) is 10.2 Å². The molecule has 4 rings (SSSR count). The van der Waals surface area contributed by atoms with E-state index in [1.54, 1.807) is 40.9 Å². The topological polar surface area (TPSA) is 51.0 Å². The number of aryl methyl sites for hydroxylation is 2. The Morgan fingerprint density at radius 1 is 1.22 bits per heavy atom. The van der Waals surface area contributed by atoms with Gasteiger partial charge in [0.2, 0.25) is 5.91 Å². The van der Waals surface area contributed by atoms with Crippen LogP contribution in [0.2, 0.25) is 0 Å². The third kappa shape index (κ3) is 6.09. The maximum atomic E-state index is 13.2. The first-order valence-corrected chi connectivity index (χ1v) is 12.0. The number of hydrogen-bond donors (Lipinski definition) is 0. The third-order valence-electron chi connectivity index (χ3n) is 4.91. The second-order valence-electron chi connectivity index (χ2n) is 7.09. The van der Waals surface area contributed by atoms with Crippen molar-refractivity contribution in [3.63, 3.8) is 0 Å². The minimum atomic E-state index is -0.280. The van der Waals surface area contributed by atoms with Gasteiger partial charge in [-0.15, -0.1) is 24.2 Å². The molecule has 4 aromatic rings. The Morgan fingerprint density at radius 2 is 2.03 bits per heavy atom. The number of halogens is 2. The summed E-state index contributed by atoms with van der Waals surface area (Å²) >= 11 is 2.96. The Labute approximate surface area is 201 Å². The van der Waals surface area contributed by atoms with Gasteiger partial charge in [0.05, 0.1) is 22.3 Å². The number of fused-ring (bicyclic) bond motifs is 1. The van der Waals surface area contributed by atoms with Crippen LogP contribution in [-0.4, -0.2) is 32.7 Å². The molecule has 2 heterocycles. The summed E-state index contributed by atoms with van der Waals surface area (Å²) in [6.45, 7) is 3.48. The van der Waals surface area contributed by atoms with Gasteiger partial charge in [-0.3, -0.25) is 9.69 Å². The number of carbonyl (C=O) groups is 1. The second-order valence-corrected chi connectivity index (χ2v) is 9.15. The zero-order valence-electron chi connectivity index (χ0n) is 17.6. The number of anilines is 1. The van der Waals surface area contributed by atoms with Crippen LogP contribution in [0, 0.1) is 5.82 Å². The van der Waals surface area contributed by atoms with Gasteiger partial charge in [-0.1, -0.05) is 24.3 Å². The first-order chi connectivity index (χ1) is 15.1. The van der Waals surface area contributed by atoms with E-state index >= 15 is 0 Å². The predicted molar refractivity (Wildman–Crippen MR) is 133 cm³/mol. The summed E-state index contributed by atoms with van der Waals surface area (Å²) in [5.41, 5.74) is 2.17. The molecular formula is C23H24ClFN4OS2. The molecule has 0 fully saturated rings. The van der Waals surface area contributed by atoms with Crippen molar-refractivity contribution >= 4 is 56.8 Å². The molecule has 0 bridgehead atoms. The molecule has 2 aromatic carbocycles. The SMILES string of the molecule is CCc1ccc2nc(N(CCCn3ccnc3)C(=O)CSc3ccc(F)cc3)sc2c1.Cl. The number of rotatable bonds is 9. The van der Waals surface area contributed by atoms with Gasteiger partial charge in [-0.2, -0.15) is 0 Å². The summed E-state index contributed by atoms with van der Waals surface area (Å²) in [6.07, 6.45) is 7.20. The van der Waals surface area contributed by atoms with Crippen LogP contribution in [0.15, 0.2) is 66.1 Å². The van der Waals surface area contributed by atoms with Crippen LogP contribution in [0.1, 0.15) is 18.9 Å². The molecule has 0 saturated carbocycles. The zero-order valence-corrected chi connectivity index (χ0v) is 20.1. The Hall–Kier alpha value is -2.42. The minimum Gasteiger partial charge on any atom is -0.337 e. The number of amides is 1. The molecule has 32 heavy (non-hydrogen) atoms. The van der Waals surface area contributed by atoms with E-state index in [1.807, 2.05) is 16.8 Å². The first kappa shape index (κ1) is 24.2. The molecule has 0 spiro atoms. The van der Waals surface area contributed by atoms with Crippen molar-refractivity contribution in [1.82, 2.24) is 14.5 Å². The molecule has 2 aromatic heterocycles. The van der Waals surface area contributed by atoms with Crippen molar-refractivity contribution in [3.8, 4) is 0 Å². The summed E-state index contributed by atoms with van der Waals surface area (Å²) in [4.78, 5) is 24.6. The second kappa shape index (κ2) is 11.4. The highest BCUT2D eigenvalue weighted by atomic mass is 35.5. The van der Waals surface area contributed by atoms with Gasteiger partial charge in [0.15, 0.2) is 5.13 Å². The lowest BCUT2D eigenvalue weighted by Crippen LogP contribution is -2.33. The van der Waals surface area contributed by atoms with E-state index < -0.39 is 0 Å². The average Bonchev–Trinajstić information content (AvgIpc) is 3.45. The smallest absolute Gasteiger partial charge is 0.239 e. The lowest BCUT2D eigenvalue weighted by atomic mass is 10.2. The minimum absolute atomic E-state index is 0. The molecule has 0 saturated heterocycles. The highest BCUT2D eigenvalue weighted by Gasteiger charge is 2.20. The lowest BCUT2D eigenvalue weighted by Gasteiger charge is -2.20. The number of hydrogen-bond acceptors (Lipinski definition) is 5. The van der Waals surface area contributed by atoms with Crippen molar-refractivity contribution in [3.05, 3.63) is 72.6 Å². The van der Waals surface area contributed by atoms with Crippen LogP contribution < -0.4 is 4.90 Å². The number of benzene rings is 2. The molecule has 168 valence electrons. The summed E-state index contributed by atoms with van der Waals surface area (Å²) in [5, 5.41) is 0.721. The maximum Gasteiger partial charge on any atom is 0.239 e. The molecule has 0 aliphatic rings. The standard InChI is InChI=1S/C23H23FN4OS2.ClH/c1-2-17-4-9-20-21(14-17)31-23(26-20)28(12-3-11-27-13-10-25-16-27)22(29)15-30-19-7-5-18(24)6-8-19;/h4-10,13-14,16H,2-3,11-12,15H2,1H3;1H. The number of aromatic nitrogens is 3. The van der Waals surface area contributed by atoms with E-state index in [2.05, 4.69) is 24.0 Å². The largest absolute Gasteiger partial charge is 0.337 e. The van der Waals surface area contributed by atoms with Crippen molar-refractivity contribution in [2.75, 3.05) is 17.2 Å². The summed E-state index contributed by atoms with van der Waals surface area (Å²) < 4.78 is 16.2. The highest BCUT2D eigenvalue weighted by molar-refractivity contribution is 8.00. The van der Waals surface area contributed by atoms with E-state index in [-0.39, 0.29) is 29.9 Å². The van der Waals surface area contributed by atoms with E-state index in [1.165, 1.54) is 29.5 Å². The van der Waals surface area contributed by atoms with Crippen LogP contribution in [0.3, 0.4) is 0 Å². The van der Waals surface area contributed by atoms with Crippen LogP contribution in [-0.2, 0) is 17.8 Å². The number of thiazole rings is 1. The lowest BCUT2D eigenvalue weighted by molar-refractivity contribution is -0.116. The fourth-order valence-corrected chi connectivity index (χ4v) is 5.05. The number of nitrogens with zero attached hydrogens (tertiary/aromatic N) is 4. The van der Waals surface area contributed by atoms with Crippen LogP contribution in [0.4, 0.5) is 9.52 Å². The fourth-order valence-electron chi connectivity index (χ4n) is 3.20. The summed E-state index contributed by atoms with van der Waals surface area (Å²) in [6, 6.07) is 12.5. The van der Waals surface area contributed by atoms with Crippen molar-refractivity contribution in [2.24, 2.45) is 0 Å². The van der Waals surface area contributed by atoms with E-state index in [9.17, 15) is 9.18 Å². The maximum absolute atomic E-state index is 13.2. The Balaban J connectivity index is 0.00000289. The van der Waals surface area contributed by atoms with Crippen LogP contribution >= 0.6 is 35.5 Å². The zero-order chi connectivity index (χ0) is 21.6. The van der Waals surface area contributed by atoms with Gasteiger partial charge >= 0.3 is 0 Å². The Kier molecular flexibility index (Phi) is 8.67. The summed E-state index contributed by atoms with van der Waals surface area (Å²) in [5.74, 6) is -0.0141. The molecule has 5 nitrogen and oxygen atoms in total. The van der Waals surface area contributed by atoms with Crippen molar-refractivity contribution in [2.45, 2.75) is 31.2 Å². The third-order valence-corrected chi connectivity index (χ3v) is 6.95. The van der Waals surface area contributed by atoms with Gasteiger partial charge < -0.3 is 4.57 Å². The summed E-state index contributed by atoms with van der Waals surface area (Å²) in [7, 11) is 0. The molecule has 0 radical (unpaired) electrons. The normalized spacial score (nSPS) is 10.8. The quantitative estimate of drug-likeness (QED) is 0.277. The van der Waals surface area contributed by atoms with Gasteiger partial charge in [0.25, 0.3) is 0 Å². The molecule has 0 aliphatic carbocycles.